The summed E-state index contributed by atoms with van der Waals surface area (Å²) >= 11 is 0. The van der Waals surface area contributed by atoms with E-state index in [9.17, 15) is 13.2 Å². The molecule has 2 aliphatic heterocycles. The minimum Gasteiger partial charge on any atom is -0.370 e. The summed E-state index contributed by atoms with van der Waals surface area (Å²) in [6, 6.07) is 16.4. The highest BCUT2D eigenvalue weighted by molar-refractivity contribution is 7.89. The SMILES string of the molecule is O=C(Nc1ccn(-c2ccccc2)n1)c1ccc(N2CCCCC2)c(S(=O)(=O)N2CCCCC2)c1. The summed E-state index contributed by atoms with van der Waals surface area (Å²) in [6.45, 7) is 2.69. The zero-order chi connectivity index (χ0) is 24.3. The van der Waals surface area contributed by atoms with Gasteiger partial charge in [0.1, 0.15) is 4.90 Å². The lowest BCUT2D eigenvalue weighted by atomic mass is 10.1. The third-order valence-corrected chi connectivity index (χ3v) is 8.63. The number of piperidine rings is 2. The minimum atomic E-state index is -3.71. The Morgan fingerprint density at radius 2 is 1.51 bits per heavy atom. The first kappa shape index (κ1) is 23.6. The first-order valence-electron chi connectivity index (χ1n) is 12.3. The lowest BCUT2D eigenvalue weighted by Gasteiger charge is -2.33. The Bertz CT molecular complexity index is 1280. The van der Waals surface area contributed by atoms with Crippen LogP contribution >= 0.6 is 0 Å². The molecule has 2 aromatic carbocycles. The molecule has 3 heterocycles. The second kappa shape index (κ2) is 10.2. The third-order valence-electron chi connectivity index (χ3n) is 6.70. The van der Waals surface area contributed by atoms with Gasteiger partial charge in [-0.2, -0.15) is 9.40 Å². The van der Waals surface area contributed by atoms with Crippen LogP contribution in [0.15, 0.2) is 65.7 Å². The number of carbonyl (C=O) groups excluding carboxylic acids is 1. The predicted molar refractivity (Wildman–Crippen MR) is 137 cm³/mol. The zero-order valence-corrected chi connectivity index (χ0v) is 20.6. The number of hydrogen-bond donors (Lipinski definition) is 1. The molecule has 1 aromatic heterocycles. The second-order valence-corrected chi connectivity index (χ2v) is 11.0. The first-order chi connectivity index (χ1) is 17.0. The highest BCUT2D eigenvalue weighted by Crippen LogP contribution is 2.32. The van der Waals surface area contributed by atoms with E-state index in [2.05, 4.69) is 15.3 Å². The Morgan fingerprint density at radius 3 is 2.23 bits per heavy atom. The molecule has 35 heavy (non-hydrogen) atoms. The highest BCUT2D eigenvalue weighted by atomic mass is 32.2. The predicted octanol–water partition coefficient (Wildman–Crippen LogP) is 4.29. The van der Waals surface area contributed by atoms with Crippen molar-refractivity contribution in [2.75, 3.05) is 36.4 Å². The fourth-order valence-electron chi connectivity index (χ4n) is 4.81. The molecule has 0 radical (unpaired) electrons. The summed E-state index contributed by atoms with van der Waals surface area (Å²) in [6.07, 6.45) is 7.77. The Labute approximate surface area is 206 Å². The summed E-state index contributed by atoms with van der Waals surface area (Å²) in [5, 5.41) is 7.24. The van der Waals surface area contributed by atoms with E-state index in [1.165, 1.54) is 6.07 Å². The molecule has 9 heteroatoms. The topological polar surface area (TPSA) is 87.5 Å². The number of para-hydroxylation sites is 1. The second-order valence-electron chi connectivity index (χ2n) is 9.13. The van der Waals surface area contributed by atoms with Gasteiger partial charge in [-0.25, -0.2) is 13.1 Å². The number of hydrogen-bond acceptors (Lipinski definition) is 5. The van der Waals surface area contributed by atoms with Gasteiger partial charge < -0.3 is 10.2 Å². The van der Waals surface area contributed by atoms with Crippen molar-refractivity contribution >= 4 is 27.4 Å². The van der Waals surface area contributed by atoms with Crippen molar-refractivity contribution in [1.29, 1.82) is 0 Å². The van der Waals surface area contributed by atoms with Crippen LogP contribution in [0.25, 0.3) is 5.69 Å². The molecule has 2 saturated heterocycles. The van der Waals surface area contributed by atoms with Gasteiger partial charge in [0.15, 0.2) is 5.82 Å². The van der Waals surface area contributed by atoms with E-state index in [0.717, 1.165) is 57.3 Å². The largest absolute Gasteiger partial charge is 0.370 e. The average molecular weight is 494 g/mol. The van der Waals surface area contributed by atoms with E-state index >= 15 is 0 Å². The number of carbonyl (C=O) groups is 1. The molecule has 1 N–H and O–H groups in total. The first-order valence-corrected chi connectivity index (χ1v) is 13.8. The monoisotopic (exact) mass is 493 g/mol. The van der Waals surface area contributed by atoms with Gasteiger partial charge in [0.05, 0.1) is 11.4 Å². The fourth-order valence-corrected chi connectivity index (χ4v) is 6.56. The van der Waals surface area contributed by atoms with Crippen molar-refractivity contribution in [2.45, 2.75) is 43.4 Å². The molecular weight excluding hydrogens is 462 g/mol. The van der Waals surface area contributed by atoms with Crippen LogP contribution in [0.5, 0.6) is 0 Å². The Morgan fingerprint density at radius 1 is 0.829 bits per heavy atom. The molecule has 0 aliphatic carbocycles. The number of anilines is 2. The maximum atomic E-state index is 13.7. The molecule has 0 unspecified atom stereocenters. The molecule has 3 aromatic rings. The lowest BCUT2D eigenvalue weighted by Crippen LogP contribution is -2.37. The van der Waals surface area contributed by atoms with Crippen molar-refractivity contribution in [3.63, 3.8) is 0 Å². The number of sulfonamides is 1. The van der Waals surface area contributed by atoms with Crippen molar-refractivity contribution in [1.82, 2.24) is 14.1 Å². The summed E-state index contributed by atoms with van der Waals surface area (Å²) < 4.78 is 30.6. The van der Waals surface area contributed by atoms with E-state index in [1.807, 2.05) is 30.3 Å². The van der Waals surface area contributed by atoms with E-state index in [0.29, 0.717) is 30.2 Å². The minimum absolute atomic E-state index is 0.226. The standard InChI is InChI=1S/C26H31N5O3S/c32-26(27-25-14-19-31(28-25)22-10-4-1-5-11-22)21-12-13-23(29-15-6-2-7-16-29)24(20-21)35(33,34)30-17-8-3-9-18-30/h1,4-5,10-14,19-20H,2-3,6-9,15-18H2,(H,27,28,32). The normalized spacial score (nSPS) is 17.3. The molecule has 2 fully saturated rings. The van der Waals surface area contributed by atoms with E-state index in [4.69, 9.17) is 0 Å². The van der Waals surface area contributed by atoms with Crippen LogP contribution in [-0.4, -0.2) is 54.6 Å². The Kier molecular flexibility index (Phi) is 6.88. The molecule has 1 amide bonds. The van der Waals surface area contributed by atoms with Crippen LogP contribution in [0.1, 0.15) is 48.9 Å². The molecule has 5 rings (SSSR count). The van der Waals surface area contributed by atoms with E-state index < -0.39 is 10.0 Å². The smallest absolute Gasteiger partial charge is 0.256 e. The Hall–Kier alpha value is -3.17. The molecule has 8 nitrogen and oxygen atoms in total. The third kappa shape index (κ3) is 5.11. The maximum absolute atomic E-state index is 13.7. The molecular formula is C26H31N5O3S. The van der Waals surface area contributed by atoms with Crippen LogP contribution in [-0.2, 0) is 10.0 Å². The van der Waals surface area contributed by atoms with Gasteiger partial charge in [0.2, 0.25) is 10.0 Å². The van der Waals surface area contributed by atoms with Crippen molar-refractivity contribution < 1.29 is 13.2 Å². The number of benzene rings is 2. The van der Waals surface area contributed by atoms with Crippen LogP contribution in [0.4, 0.5) is 11.5 Å². The van der Waals surface area contributed by atoms with Gasteiger partial charge in [0.25, 0.3) is 5.91 Å². The van der Waals surface area contributed by atoms with Crippen molar-refractivity contribution in [3.05, 3.63) is 66.4 Å². The van der Waals surface area contributed by atoms with Crippen LogP contribution in [0.3, 0.4) is 0 Å². The quantitative estimate of drug-likeness (QED) is 0.554. The van der Waals surface area contributed by atoms with Gasteiger partial charge in [-0.05, 0) is 62.4 Å². The summed E-state index contributed by atoms with van der Waals surface area (Å²) in [5.74, 6) is 0.0167. The molecule has 0 spiro atoms. The molecule has 2 aliphatic rings. The maximum Gasteiger partial charge on any atom is 0.256 e. The number of rotatable bonds is 6. The molecule has 184 valence electrons. The highest BCUT2D eigenvalue weighted by Gasteiger charge is 2.31. The zero-order valence-electron chi connectivity index (χ0n) is 19.8. The summed E-state index contributed by atoms with van der Waals surface area (Å²) in [5.41, 5.74) is 1.88. The van der Waals surface area contributed by atoms with Gasteiger partial charge in [-0.15, -0.1) is 0 Å². The number of amides is 1. The van der Waals surface area contributed by atoms with Crippen LogP contribution < -0.4 is 10.2 Å². The lowest BCUT2D eigenvalue weighted by molar-refractivity contribution is 0.102. The van der Waals surface area contributed by atoms with Gasteiger partial charge in [0, 0.05) is 44.0 Å². The summed E-state index contributed by atoms with van der Waals surface area (Å²) in [4.78, 5) is 15.5. The van der Waals surface area contributed by atoms with Crippen LogP contribution in [0.2, 0.25) is 0 Å². The van der Waals surface area contributed by atoms with Gasteiger partial charge in [-0.1, -0.05) is 24.6 Å². The number of nitrogens with one attached hydrogen (secondary N) is 1. The van der Waals surface area contributed by atoms with Gasteiger partial charge >= 0.3 is 0 Å². The van der Waals surface area contributed by atoms with E-state index in [-0.39, 0.29) is 10.8 Å². The molecule has 0 atom stereocenters. The number of nitrogens with zero attached hydrogens (tertiary/aromatic N) is 4. The average Bonchev–Trinajstić information content (AvgIpc) is 3.38. The molecule has 0 bridgehead atoms. The van der Waals surface area contributed by atoms with Gasteiger partial charge in [-0.3, -0.25) is 4.79 Å². The summed E-state index contributed by atoms with van der Waals surface area (Å²) in [7, 11) is -3.71. The van der Waals surface area contributed by atoms with Crippen molar-refractivity contribution in [2.24, 2.45) is 0 Å². The fraction of sp³-hybridized carbons (Fsp3) is 0.385. The van der Waals surface area contributed by atoms with Crippen LogP contribution in [0, 0.1) is 0 Å². The number of aromatic nitrogens is 2. The molecule has 0 saturated carbocycles. The Balaban J connectivity index is 1.44. The van der Waals surface area contributed by atoms with Crippen molar-refractivity contribution in [3.8, 4) is 5.69 Å². The van der Waals surface area contributed by atoms with E-state index in [1.54, 1.807) is 33.4 Å².